The van der Waals surface area contributed by atoms with E-state index in [4.69, 9.17) is 34.8 Å². The van der Waals surface area contributed by atoms with Crippen LogP contribution in [0.1, 0.15) is 11.1 Å². The van der Waals surface area contributed by atoms with Crippen molar-refractivity contribution in [2.75, 3.05) is 17.9 Å². The number of anilines is 1. The summed E-state index contributed by atoms with van der Waals surface area (Å²) in [5.41, 5.74) is 1.69. The van der Waals surface area contributed by atoms with Gasteiger partial charge in [0.05, 0.1) is 10.6 Å². The highest BCUT2D eigenvalue weighted by atomic mass is 35.5. The summed E-state index contributed by atoms with van der Waals surface area (Å²) in [7, 11) is -2.77. The normalized spacial score (nSPS) is 11.9. The van der Waals surface area contributed by atoms with Crippen LogP contribution in [0.3, 0.4) is 0 Å². The number of nitrogens with one attached hydrogen (secondary N) is 1. The standard InChI is InChI=1S/C31H28Cl3N3O4S/c1-35-31(39)29(18-22-7-3-2-4-8-22)36(20-23-9-5-10-25(33)17-23)30(38)21-37(27-12-6-11-26(34)19-27)42(40,41)28-15-13-24(32)14-16-28/h2-17,19,29H,18,20-21H2,1H3,(H,35,39)/t29-/m1/s1. The van der Waals surface area contributed by atoms with E-state index < -0.39 is 34.4 Å². The lowest BCUT2D eigenvalue weighted by Crippen LogP contribution is -2.53. The monoisotopic (exact) mass is 643 g/mol. The lowest BCUT2D eigenvalue weighted by atomic mass is 10.0. The SMILES string of the molecule is CNC(=O)[C@@H](Cc1ccccc1)N(Cc1cccc(Cl)c1)C(=O)CN(c1cccc(Cl)c1)S(=O)(=O)c1ccc(Cl)cc1. The van der Waals surface area contributed by atoms with Crippen molar-refractivity contribution < 1.29 is 18.0 Å². The molecule has 4 aromatic rings. The van der Waals surface area contributed by atoms with Crippen molar-refractivity contribution in [1.82, 2.24) is 10.2 Å². The molecule has 2 amide bonds. The molecule has 0 bridgehead atoms. The number of carbonyl (C=O) groups excluding carboxylic acids is 2. The van der Waals surface area contributed by atoms with Crippen molar-refractivity contribution in [1.29, 1.82) is 0 Å². The fourth-order valence-electron chi connectivity index (χ4n) is 4.45. The fourth-order valence-corrected chi connectivity index (χ4v) is 6.38. The Morgan fingerprint density at radius 2 is 1.38 bits per heavy atom. The summed E-state index contributed by atoms with van der Waals surface area (Å²) in [4.78, 5) is 28.8. The van der Waals surface area contributed by atoms with E-state index in [0.29, 0.717) is 20.6 Å². The Labute approximate surface area is 260 Å². The maximum atomic E-state index is 14.2. The topological polar surface area (TPSA) is 86.8 Å². The Morgan fingerprint density at radius 3 is 2.00 bits per heavy atom. The van der Waals surface area contributed by atoms with E-state index in [-0.39, 0.29) is 23.5 Å². The van der Waals surface area contributed by atoms with E-state index in [0.717, 1.165) is 9.87 Å². The zero-order chi connectivity index (χ0) is 30.3. The maximum Gasteiger partial charge on any atom is 0.264 e. The summed E-state index contributed by atoms with van der Waals surface area (Å²) in [6.07, 6.45) is 0.202. The Bertz CT molecular complexity index is 1650. The number of carbonyl (C=O) groups is 2. The van der Waals surface area contributed by atoms with E-state index in [1.807, 2.05) is 30.3 Å². The van der Waals surface area contributed by atoms with Gasteiger partial charge in [-0.3, -0.25) is 13.9 Å². The summed E-state index contributed by atoms with van der Waals surface area (Å²) in [5, 5.41) is 3.77. The molecule has 1 N–H and O–H groups in total. The smallest absolute Gasteiger partial charge is 0.264 e. The van der Waals surface area contributed by atoms with Crippen molar-refractivity contribution in [3.05, 3.63) is 129 Å². The number of rotatable bonds is 11. The summed E-state index contributed by atoms with van der Waals surface area (Å²) in [6.45, 7) is -0.594. The van der Waals surface area contributed by atoms with Gasteiger partial charge in [-0.05, 0) is 65.7 Å². The van der Waals surface area contributed by atoms with Gasteiger partial charge in [0.25, 0.3) is 10.0 Å². The second kappa shape index (κ2) is 14.1. The minimum absolute atomic E-state index is 0.00862. The number of halogens is 3. The zero-order valence-electron chi connectivity index (χ0n) is 22.6. The number of hydrogen-bond acceptors (Lipinski definition) is 4. The fraction of sp³-hybridized carbons (Fsp3) is 0.161. The van der Waals surface area contributed by atoms with Crippen molar-refractivity contribution >= 4 is 62.3 Å². The number of sulfonamides is 1. The van der Waals surface area contributed by atoms with Gasteiger partial charge in [-0.25, -0.2) is 8.42 Å². The molecular weight excluding hydrogens is 617 g/mol. The van der Waals surface area contributed by atoms with E-state index in [1.54, 1.807) is 42.5 Å². The predicted molar refractivity (Wildman–Crippen MR) is 167 cm³/mol. The minimum Gasteiger partial charge on any atom is -0.357 e. The highest BCUT2D eigenvalue weighted by Gasteiger charge is 2.34. The third kappa shape index (κ3) is 7.83. The molecule has 0 aliphatic carbocycles. The number of amides is 2. The van der Waals surface area contributed by atoms with Crippen molar-refractivity contribution in [2.24, 2.45) is 0 Å². The Kier molecular flexibility index (Phi) is 10.5. The first-order valence-corrected chi connectivity index (χ1v) is 15.5. The van der Waals surface area contributed by atoms with Crippen LogP contribution in [0.2, 0.25) is 15.1 Å². The molecule has 0 heterocycles. The molecule has 0 radical (unpaired) electrons. The van der Waals surface area contributed by atoms with E-state index in [9.17, 15) is 18.0 Å². The van der Waals surface area contributed by atoms with Crippen molar-refractivity contribution in [3.8, 4) is 0 Å². The number of benzene rings is 4. The first-order chi connectivity index (χ1) is 20.1. The molecule has 11 heteroatoms. The van der Waals surface area contributed by atoms with Crippen LogP contribution in [0.5, 0.6) is 0 Å². The molecule has 0 aromatic heterocycles. The quantitative estimate of drug-likeness (QED) is 0.210. The van der Waals surface area contributed by atoms with Gasteiger partial charge in [-0.1, -0.05) is 83.3 Å². The molecular formula is C31H28Cl3N3O4S. The Morgan fingerprint density at radius 1 is 0.762 bits per heavy atom. The van der Waals surface area contributed by atoms with Gasteiger partial charge in [0, 0.05) is 35.1 Å². The van der Waals surface area contributed by atoms with Gasteiger partial charge in [-0.15, -0.1) is 0 Å². The third-order valence-corrected chi connectivity index (χ3v) is 9.05. The second-order valence-corrected chi connectivity index (χ2v) is 12.6. The van der Waals surface area contributed by atoms with Gasteiger partial charge >= 0.3 is 0 Å². The zero-order valence-corrected chi connectivity index (χ0v) is 25.7. The lowest BCUT2D eigenvalue weighted by molar-refractivity contribution is -0.139. The summed E-state index contributed by atoms with van der Waals surface area (Å²) in [6, 6.07) is 27.1. The van der Waals surface area contributed by atoms with Crippen LogP contribution in [-0.4, -0.2) is 44.8 Å². The molecule has 4 rings (SSSR count). The molecule has 42 heavy (non-hydrogen) atoms. The third-order valence-electron chi connectivity index (χ3n) is 6.54. The molecule has 1 atom stereocenters. The largest absolute Gasteiger partial charge is 0.357 e. The molecule has 0 saturated heterocycles. The first kappa shape index (κ1) is 31.4. The first-order valence-electron chi connectivity index (χ1n) is 12.9. The second-order valence-electron chi connectivity index (χ2n) is 9.42. The lowest BCUT2D eigenvalue weighted by Gasteiger charge is -2.33. The van der Waals surface area contributed by atoms with Crippen LogP contribution in [0.4, 0.5) is 5.69 Å². The van der Waals surface area contributed by atoms with Gasteiger partial charge in [0.15, 0.2) is 0 Å². The Hall–Kier alpha value is -3.56. The van der Waals surface area contributed by atoms with E-state index in [1.165, 1.54) is 42.3 Å². The molecule has 0 saturated carbocycles. The van der Waals surface area contributed by atoms with Crippen LogP contribution in [-0.2, 0) is 32.6 Å². The van der Waals surface area contributed by atoms with E-state index >= 15 is 0 Å². The molecule has 4 aromatic carbocycles. The minimum atomic E-state index is -4.26. The molecule has 0 fully saturated rings. The van der Waals surface area contributed by atoms with Crippen LogP contribution < -0.4 is 9.62 Å². The summed E-state index contributed by atoms with van der Waals surface area (Å²) >= 11 is 18.5. The van der Waals surface area contributed by atoms with Gasteiger partial charge in [0.1, 0.15) is 12.6 Å². The van der Waals surface area contributed by atoms with Gasteiger partial charge in [-0.2, -0.15) is 0 Å². The average Bonchev–Trinajstić information content (AvgIpc) is 2.98. The highest BCUT2D eigenvalue weighted by molar-refractivity contribution is 7.92. The van der Waals surface area contributed by atoms with Crippen molar-refractivity contribution in [3.63, 3.8) is 0 Å². The molecule has 0 unspecified atom stereocenters. The van der Waals surface area contributed by atoms with Crippen LogP contribution >= 0.6 is 34.8 Å². The van der Waals surface area contributed by atoms with Crippen LogP contribution in [0.15, 0.2) is 108 Å². The van der Waals surface area contributed by atoms with Gasteiger partial charge in [0.2, 0.25) is 11.8 Å². The predicted octanol–water partition coefficient (Wildman–Crippen LogP) is 6.23. The summed E-state index contributed by atoms with van der Waals surface area (Å²) in [5.74, 6) is -0.999. The molecule has 0 aliphatic rings. The number of likely N-dealkylation sites (N-methyl/N-ethyl adjacent to an activating group) is 1. The molecule has 0 aliphatic heterocycles. The van der Waals surface area contributed by atoms with Crippen LogP contribution in [0, 0.1) is 0 Å². The van der Waals surface area contributed by atoms with E-state index in [2.05, 4.69) is 5.32 Å². The highest BCUT2D eigenvalue weighted by Crippen LogP contribution is 2.28. The van der Waals surface area contributed by atoms with Crippen LogP contribution in [0.25, 0.3) is 0 Å². The van der Waals surface area contributed by atoms with Crippen molar-refractivity contribution in [2.45, 2.75) is 23.9 Å². The summed E-state index contributed by atoms with van der Waals surface area (Å²) < 4.78 is 28.9. The number of hydrogen-bond donors (Lipinski definition) is 1. The number of nitrogens with zero attached hydrogens (tertiary/aromatic N) is 2. The van der Waals surface area contributed by atoms with Gasteiger partial charge < -0.3 is 10.2 Å². The molecule has 0 spiro atoms. The maximum absolute atomic E-state index is 14.2. The Balaban J connectivity index is 1.79. The molecule has 218 valence electrons. The molecule has 7 nitrogen and oxygen atoms in total. The average molecular weight is 645 g/mol.